The van der Waals surface area contributed by atoms with E-state index in [1.54, 1.807) is 12.1 Å². The van der Waals surface area contributed by atoms with Crippen molar-refractivity contribution < 1.29 is 22.8 Å². The molecular formula is C24H23F3N2O3. The smallest absolute Gasteiger partial charge is 0.416 e. The summed E-state index contributed by atoms with van der Waals surface area (Å²) in [5.74, 6) is 0.366. The molecule has 0 heterocycles. The number of halogens is 3. The van der Waals surface area contributed by atoms with Crippen LogP contribution in [0.2, 0.25) is 0 Å². The number of hydrogen-bond donors (Lipinski definition) is 0. The molecule has 0 bridgehead atoms. The maximum atomic E-state index is 12.8. The summed E-state index contributed by atoms with van der Waals surface area (Å²) in [5.41, 5.74) is 1.20. The summed E-state index contributed by atoms with van der Waals surface area (Å²) >= 11 is 0. The summed E-state index contributed by atoms with van der Waals surface area (Å²) in [7, 11) is 1.93. The third-order valence-electron chi connectivity index (χ3n) is 5.00. The molecule has 1 atom stereocenters. The van der Waals surface area contributed by atoms with Crippen LogP contribution in [0.15, 0.2) is 78.9 Å². The summed E-state index contributed by atoms with van der Waals surface area (Å²) in [5, 5.41) is 10.8. The van der Waals surface area contributed by atoms with Crippen molar-refractivity contribution in [3.05, 3.63) is 106 Å². The van der Waals surface area contributed by atoms with E-state index in [-0.39, 0.29) is 11.8 Å². The molecule has 0 fully saturated rings. The summed E-state index contributed by atoms with van der Waals surface area (Å²) in [6, 6.07) is 20.6. The number of benzene rings is 3. The van der Waals surface area contributed by atoms with Crippen molar-refractivity contribution in [2.24, 2.45) is 0 Å². The fourth-order valence-electron chi connectivity index (χ4n) is 3.30. The van der Waals surface area contributed by atoms with Gasteiger partial charge in [-0.15, -0.1) is 0 Å². The van der Waals surface area contributed by atoms with Crippen LogP contribution >= 0.6 is 0 Å². The molecule has 0 saturated heterocycles. The maximum absolute atomic E-state index is 12.8. The molecule has 1 unspecified atom stereocenters. The van der Waals surface area contributed by atoms with Crippen molar-refractivity contribution in [2.75, 3.05) is 13.6 Å². The monoisotopic (exact) mass is 444 g/mol. The van der Waals surface area contributed by atoms with Crippen LogP contribution in [0.4, 0.5) is 18.9 Å². The molecule has 3 aromatic rings. The fourth-order valence-corrected chi connectivity index (χ4v) is 3.30. The Kier molecular flexibility index (Phi) is 7.48. The van der Waals surface area contributed by atoms with Gasteiger partial charge in [0.25, 0.3) is 5.69 Å². The minimum absolute atomic E-state index is 0.0467. The number of non-ortho nitro benzene ring substituents is 1. The highest BCUT2D eigenvalue weighted by atomic mass is 19.4. The maximum Gasteiger partial charge on any atom is 0.416 e. The van der Waals surface area contributed by atoms with Crippen molar-refractivity contribution in [2.45, 2.75) is 25.2 Å². The predicted molar refractivity (Wildman–Crippen MR) is 115 cm³/mol. The topological polar surface area (TPSA) is 55.6 Å². The van der Waals surface area contributed by atoms with E-state index in [0.29, 0.717) is 25.3 Å². The van der Waals surface area contributed by atoms with E-state index in [1.165, 1.54) is 24.3 Å². The third-order valence-corrected chi connectivity index (χ3v) is 5.00. The van der Waals surface area contributed by atoms with Crippen LogP contribution in [-0.4, -0.2) is 23.4 Å². The van der Waals surface area contributed by atoms with E-state index >= 15 is 0 Å². The van der Waals surface area contributed by atoms with E-state index in [4.69, 9.17) is 4.74 Å². The molecule has 0 aromatic heterocycles. The minimum atomic E-state index is -4.39. The normalized spacial score (nSPS) is 12.5. The average Bonchev–Trinajstić information content (AvgIpc) is 2.77. The second-order valence-corrected chi connectivity index (χ2v) is 7.49. The zero-order valence-corrected chi connectivity index (χ0v) is 17.5. The summed E-state index contributed by atoms with van der Waals surface area (Å²) in [6.07, 6.45) is -4.13. The number of nitro groups is 1. The van der Waals surface area contributed by atoms with E-state index in [2.05, 4.69) is 4.90 Å². The standard InChI is InChI=1S/C24H23F3N2O3/c1-28(17-18-7-11-21(12-8-18)29(30)31)16-15-23(19-5-3-2-4-6-19)32-22-13-9-20(10-14-22)24(25,26)27/h2-14,23H,15-17H2,1H3. The predicted octanol–water partition coefficient (Wildman–Crippen LogP) is 6.26. The van der Waals surface area contributed by atoms with Gasteiger partial charge in [-0.05, 0) is 42.4 Å². The number of nitrogens with zero attached hydrogens (tertiary/aromatic N) is 2. The van der Waals surface area contributed by atoms with Gasteiger partial charge in [-0.2, -0.15) is 13.2 Å². The summed E-state index contributed by atoms with van der Waals surface area (Å²) < 4.78 is 44.5. The van der Waals surface area contributed by atoms with Crippen LogP contribution in [0.25, 0.3) is 0 Å². The molecule has 3 aromatic carbocycles. The number of alkyl halides is 3. The first-order valence-electron chi connectivity index (χ1n) is 10.0. The Balaban J connectivity index is 1.65. The number of ether oxygens (including phenoxy) is 1. The Bertz CT molecular complexity index is 1010. The highest BCUT2D eigenvalue weighted by molar-refractivity contribution is 5.33. The van der Waals surface area contributed by atoms with Gasteiger partial charge in [-0.25, -0.2) is 0 Å². The molecular weight excluding hydrogens is 421 g/mol. The second kappa shape index (κ2) is 10.3. The highest BCUT2D eigenvalue weighted by Gasteiger charge is 2.30. The minimum Gasteiger partial charge on any atom is -0.486 e. The van der Waals surface area contributed by atoms with Crippen LogP contribution in [-0.2, 0) is 12.7 Å². The van der Waals surface area contributed by atoms with Gasteiger partial charge >= 0.3 is 6.18 Å². The Morgan fingerprint density at radius 1 is 0.969 bits per heavy atom. The van der Waals surface area contributed by atoms with Crippen LogP contribution in [0.5, 0.6) is 5.75 Å². The van der Waals surface area contributed by atoms with E-state index in [9.17, 15) is 23.3 Å². The van der Waals surface area contributed by atoms with Gasteiger partial charge in [0.15, 0.2) is 0 Å². The quantitative estimate of drug-likeness (QED) is 0.289. The zero-order chi connectivity index (χ0) is 23.1. The largest absolute Gasteiger partial charge is 0.486 e. The molecule has 0 aliphatic rings. The van der Waals surface area contributed by atoms with Gasteiger partial charge in [0.05, 0.1) is 10.5 Å². The van der Waals surface area contributed by atoms with Crippen molar-refractivity contribution in [3.8, 4) is 5.75 Å². The molecule has 0 spiro atoms. The lowest BCUT2D eigenvalue weighted by Gasteiger charge is -2.23. The first kappa shape index (κ1) is 23.3. The molecule has 0 radical (unpaired) electrons. The lowest BCUT2D eigenvalue weighted by molar-refractivity contribution is -0.384. The van der Waals surface area contributed by atoms with Gasteiger partial charge in [0.1, 0.15) is 11.9 Å². The summed E-state index contributed by atoms with van der Waals surface area (Å²) in [6.45, 7) is 1.25. The lowest BCUT2D eigenvalue weighted by atomic mass is 10.1. The van der Waals surface area contributed by atoms with Crippen LogP contribution < -0.4 is 4.74 Å². The summed E-state index contributed by atoms with van der Waals surface area (Å²) in [4.78, 5) is 12.4. The second-order valence-electron chi connectivity index (χ2n) is 7.49. The van der Waals surface area contributed by atoms with Gasteiger partial charge in [-0.1, -0.05) is 42.5 Å². The molecule has 3 rings (SSSR count). The van der Waals surface area contributed by atoms with Gasteiger partial charge in [-0.3, -0.25) is 10.1 Å². The van der Waals surface area contributed by atoms with Crippen molar-refractivity contribution >= 4 is 5.69 Å². The fraction of sp³-hybridized carbons (Fsp3) is 0.250. The molecule has 0 aliphatic carbocycles. The first-order chi connectivity index (χ1) is 15.2. The zero-order valence-electron chi connectivity index (χ0n) is 17.5. The first-order valence-corrected chi connectivity index (χ1v) is 10.0. The Labute approximate surface area is 184 Å². The number of nitro benzene ring substituents is 1. The SMILES string of the molecule is CN(CCC(Oc1ccc(C(F)(F)F)cc1)c1ccccc1)Cc1ccc([N+](=O)[O-])cc1. The molecule has 32 heavy (non-hydrogen) atoms. The number of rotatable bonds is 9. The van der Waals surface area contributed by atoms with E-state index < -0.39 is 16.7 Å². The molecule has 0 saturated carbocycles. The molecule has 168 valence electrons. The highest BCUT2D eigenvalue weighted by Crippen LogP contribution is 2.32. The van der Waals surface area contributed by atoms with Crippen LogP contribution in [0.3, 0.4) is 0 Å². The van der Waals surface area contributed by atoms with E-state index in [1.807, 2.05) is 37.4 Å². The Morgan fingerprint density at radius 2 is 1.59 bits per heavy atom. The molecule has 0 N–H and O–H groups in total. The Hall–Kier alpha value is -3.39. The molecule has 0 amide bonds. The van der Waals surface area contributed by atoms with Crippen molar-refractivity contribution in [3.63, 3.8) is 0 Å². The third kappa shape index (κ3) is 6.55. The van der Waals surface area contributed by atoms with Crippen LogP contribution in [0.1, 0.15) is 29.2 Å². The molecule has 8 heteroatoms. The van der Waals surface area contributed by atoms with Gasteiger partial charge in [0.2, 0.25) is 0 Å². The molecule has 0 aliphatic heterocycles. The van der Waals surface area contributed by atoms with Gasteiger partial charge < -0.3 is 9.64 Å². The van der Waals surface area contributed by atoms with Crippen molar-refractivity contribution in [1.82, 2.24) is 4.90 Å². The number of hydrogen-bond acceptors (Lipinski definition) is 4. The van der Waals surface area contributed by atoms with E-state index in [0.717, 1.165) is 23.3 Å². The Morgan fingerprint density at radius 3 is 2.16 bits per heavy atom. The molecule has 5 nitrogen and oxygen atoms in total. The van der Waals surface area contributed by atoms with Crippen LogP contribution in [0, 0.1) is 10.1 Å². The average molecular weight is 444 g/mol. The lowest BCUT2D eigenvalue weighted by Crippen LogP contribution is -2.22. The van der Waals surface area contributed by atoms with Gasteiger partial charge in [0, 0.05) is 31.6 Å². The van der Waals surface area contributed by atoms with Crippen molar-refractivity contribution in [1.29, 1.82) is 0 Å².